The molecule has 0 aliphatic heterocycles. The minimum atomic E-state index is -3.63. The van der Waals surface area contributed by atoms with E-state index in [1.165, 1.54) is 23.1 Å². The molecule has 0 aliphatic carbocycles. The number of benzene rings is 2. The summed E-state index contributed by atoms with van der Waals surface area (Å²) in [5, 5.41) is 2.85. The van der Waals surface area contributed by atoms with Gasteiger partial charge >= 0.3 is 0 Å². The molecule has 2 rings (SSSR count). The number of carbonyl (C=O) groups is 1. The highest BCUT2D eigenvalue weighted by atomic mass is 32.2. The standard InChI is InChI=1S/C21H28N2O4S2/c1-17(2)27-15-7-14-22-21(24)16-28-19-10-12-20(13-11-19)29(25,26)23(3)18-8-5-4-6-9-18/h4-6,8-13,17H,7,14-16H2,1-3H3,(H,22,24). The van der Waals surface area contributed by atoms with Crippen molar-refractivity contribution < 1.29 is 17.9 Å². The Kier molecular flexibility index (Phi) is 9.00. The number of carbonyl (C=O) groups excluding carboxylic acids is 1. The molecule has 1 N–H and O–H groups in total. The van der Waals surface area contributed by atoms with Crippen molar-refractivity contribution in [3.05, 3.63) is 54.6 Å². The second-order valence-corrected chi connectivity index (χ2v) is 9.71. The third kappa shape index (κ3) is 7.38. The zero-order chi connectivity index (χ0) is 21.3. The highest BCUT2D eigenvalue weighted by molar-refractivity contribution is 8.00. The summed E-state index contributed by atoms with van der Waals surface area (Å²) < 4.78 is 32.2. The molecule has 0 fully saturated rings. The lowest BCUT2D eigenvalue weighted by Gasteiger charge is -2.19. The van der Waals surface area contributed by atoms with E-state index < -0.39 is 10.0 Å². The minimum absolute atomic E-state index is 0.0555. The van der Waals surface area contributed by atoms with Crippen molar-refractivity contribution in [1.82, 2.24) is 5.32 Å². The van der Waals surface area contributed by atoms with E-state index in [0.717, 1.165) is 11.3 Å². The Morgan fingerprint density at radius 2 is 1.76 bits per heavy atom. The molecule has 0 aromatic heterocycles. The zero-order valence-corrected chi connectivity index (χ0v) is 18.6. The van der Waals surface area contributed by atoms with Crippen LogP contribution in [0.15, 0.2) is 64.4 Å². The molecule has 0 heterocycles. The topological polar surface area (TPSA) is 75.7 Å². The Hall–Kier alpha value is -2.03. The number of thioether (sulfide) groups is 1. The maximum Gasteiger partial charge on any atom is 0.264 e. The highest BCUT2D eigenvalue weighted by Gasteiger charge is 2.21. The van der Waals surface area contributed by atoms with Crippen LogP contribution in [0.4, 0.5) is 5.69 Å². The molecule has 0 atom stereocenters. The first-order chi connectivity index (χ1) is 13.8. The minimum Gasteiger partial charge on any atom is -0.379 e. The van der Waals surface area contributed by atoms with Gasteiger partial charge in [-0.15, -0.1) is 11.8 Å². The number of sulfonamides is 1. The average molecular weight is 437 g/mol. The smallest absolute Gasteiger partial charge is 0.264 e. The molecular formula is C21H28N2O4S2. The monoisotopic (exact) mass is 436 g/mol. The van der Waals surface area contributed by atoms with Crippen molar-refractivity contribution in [2.45, 2.75) is 36.2 Å². The molecule has 0 radical (unpaired) electrons. The molecule has 6 nitrogen and oxygen atoms in total. The van der Waals surface area contributed by atoms with Crippen LogP contribution in [-0.2, 0) is 19.6 Å². The van der Waals surface area contributed by atoms with Crippen molar-refractivity contribution >= 4 is 33.4 Å². The van der Waals surface area contributed by atoms with Crippen LogP contribution in [0, 0.1) is 0 Å². The molecular weight excluding hydrogens is 408 g/mol. The van der Waals surface area contributed by atoms with Gasteiger partial charge in [-0.25, -0.2) is 8.42 Å². The van der Waals surface area contributed by atoms with Gasteiger partial charge in [0, 0.05) is 25.1 Å². The molecule has 8 heteroatoms. The van der Waals surface area contributed by atoms with E-state index in [-0.39, 0.29) is 22.7 Å². The zero-order valence-electron chi connectivity index (χ0n) is 17.0. The molecule has 0 aliphatic rings. The van der Waals surface area contributed by atoms with Crippen molar-refractivity contribution in [2.75, 3.05) is 30.3 Å². The summed E-state index contributed by atoms with van der Waals surface area (Å²) in [5.74, 6) is 0.223. The van der Waals surface area contributed by atoms with E-state index in [9.17, 15) is 13.2 Å². The van der Waals surface area contributed by atoms with Gasteiger partial charge in [0.05, 0.1) is 22.4 Å². The third-order valence-electron chi connectivity index (χ3n) is 4.07. The average Bonchev–Trinajstić information content (AvgIpc) is 2.72. The second-order valence-electron chi connectivity index (χ2n) is 6.69. The van der Waals surface area contributed by atoms with Gasteiger partial charge in [0.2, 0.25) is 5.91 Å². The van der Waals surface area contributed by atoms with Crippen LogP contribution in [0.5, 0.6) is 0 Å². The Balaban J connectivity index is 1.84. The molecule has 2 aromatic rings. The Morgan fingerprint density at radius 1 is 1.10 bits per heavy atom. The van der Waals surface area contributed by atoms with Gasteiger partial charge in [-0.1, -0.05) is 18.2 Å². The quantitative estimate of drug-likeness (QED) is 0.431. The van der Waals surface area contributed by atoms with Crippen LogP contribution < -0.4 is 9.62 Å². The number of anilines is 1. The van der Waals surface area contributed by atoms with Crippen molar-refractivity contribution in [1.29, 1.82) is 0 Å². The maximum atomic E-state index is 12.8. The van der Waals surface area contributed by atoms with E-state index >= 15 is 0 Å². The Morgan fingerprint density at radius 3 is 2.38 bits per heavy atom. The van der Waals surface area contributed by atoms with Crippen molar-refractivity contribution in [3.8, 4) is 0 Å². The van der Waals surface area contributed by atoms with Crippen LogP contribution in [0.2, 0.25) is 0 Å². The summed E-state index contributed by atoms with van der Waals surface area (Å²) in [7, 11) is -2.10. The lowest BCUT2D eigenvalue weighted by atomic mass is 10.3. The second kappa shape index (κ2) is 11.2. The third-order valence-corrected chi connectivity index (χ3v) is 6.88. The Bertz CT molecular complexity index is 869. The number of nitrogens with zero attached hydrogens (tertiary/aromatic N) is 1. The van der Waals surface area contributed by atoms with E-state index in [0.29, 0.717) is 18.8 Å². The summed E-state index contributed by atoms with van der Waals surface area (Å²) in [6.45, 7) is 5.16. The number of amides is 1. The van der Waals surface area contributed by atoms with Crippen molar-refractivity contribution in [3.63, 3.8) is 0 Å². The van der Waals surface area contributed by atoms with E-state index in [4.69, 9.17) is 4.74 Å². The fourth-order valence-electron chi connectivity index (χ4n) is 2.46. The summed E-state index contributed by atoms with van der Waals surface area (Å²) in [6.07, 6.45) is 0.969. The predicted molar refractivity (Wildman–Crippen MR) is 118 cm³/mol. The largest absolute Gasteiger partial charge is 0.379 e. The molecule has 158 valence electrons. The van der Waals surface area contributed by atoms with Crippen LogP contribution >= 0.6 is 11.8 Å². The number of para-hydroxylation sites is 1. The molecule has 0 spiro atoms. The fourth-order valence-corrected chi connectivity index (χ4v) is 4.39. The van der Waals surface area contributed by atoms with Gasteiger partial charge in [0.25, 0.3) is 10.0 Å². The summed E-state index contributed by atoms with van der Waals surface area (Å²) in [4.78, 5) is 13.0. The van der Waals surface area contributed by atoms with Crippen molar-refractivity contribution in [2.24, 2.45) is 0 Å². The predicted octanol–water partition coefficient (Wildman–Crippen LogP) is 3.54. The van der Waals surface area contributed by atoms with Gasteiger partial charge < -0.3 is 10.1 Å². The first kappa shape index (κ1) is 23.3. The highest BCUT2D eigenvalue weighted by Crippen LogP contribution is 2.24. The molecule has 1 amide bonds. The van der Waals surface area contributed by atoms with Gasteiger partial charge in [0.1, 0.15) is 0 Å². The first-order valence-electron chi connectivity index (χ1n) is 9.46. The van der Waals surface area contributed by atoms with Crippen LogP contribution in [0.1, 0.15) is 20.3 Å². The van der Waals surface area contributed by atoms with E-state index in [1.807, 2.05) is 19.9 Å². The number of rotatable bonds is 11. The normalized spacial score (nSPS) is 11.4. The van der Waals surface area contributed by atoms with E-state index in [1.54, 1.807) is 48.5 Å². The molecule has 29 heavy (non-hydrogen) atoms. The molecule has 0 saturated carbocycles. The van der Waals surface area contributed by atoms with Crippen LogP contribution in [-0.4, -0.2) is 46.4 Å². The number of nitrogens with one attached hydrogen (secondary N) is 1. The number of hydrogen-bond donors (Lipinski definition) is 1. The molecule has 0 saturated heterocycles. The lowest BCUT2D eigenvalue weighted by molar-refractivity contribution is -0.118. The van der Waals surface area contributed by atoms with E-state index in [2.05, 4.69) is 5.32 Å². The van der Waals surface area contributed by atoms with Gasteiger partial charge in [-0.2, -0.15) is 0 Å². The summed E-state index contributed by atoms with van der Waals surface area (Å²) in [5.41, 5.74) is 0.599. The lowest BCUT2D eigenvalue weighted by Crippen LogP contribution is -2.27. The number of ether oxygens (including phenoxy) is 1. The number of hydrogen-bond acceptors (Lipinski definition) is 5. The van der Waals surface area contributed by atoms with Gasteiger partial charge in [0.15, 0.2) is 0 Å². The molecule has 2 aromatic carbocycles. The maximum absolute atomic E-state index is 12.8. The molecule has 0 bridgehead atoms. The fraction of sp³-hybridized carbons (Fsp3) is 0.381. The van der Waals surface area contributed by atoms with Gasteiger partial charge in [-0.3, -0.25) is 9.10 Å². The summed E-state index contributed by atoms with van der Waals surface area (Å²) in [6, 6.07) is 15.5. The SMILES string of the molecule is CC(C)OCCCNC(=O)CSc1ccc(S(=O)(=O)N(C)c2ccccc2)cc1. The van der Waals surface area contributed by atoms with Crippen LogP contribution in [0.3, 0.4) is 0 Å². The van der Waals surface area contributed by atoms with Gasteiger partial charge in [-0.05, 0) is 56.7 Å². The first-order valence-corrected chi connectivity index (χ1v) is 11.9. The van der Waals surface area contributed by atoms with Crippen LogP contribution in [0.25, 0.3) is 0 Å². The summed E-state index contributed by atoms with van der Waals surface area (Å²) >= 11 is 1.37. The Labute approximate surface area is 177 Å². The molecule has 0 unspecified atom stereocenters.